The Labute approximate surface area is 155 Å². The predicted octanol–water partition coefficient (Wildman–Crippen LogP) is 2.72. The molecule has 0 fully saturated rings. The number of hydrogen-bond acceptors (Lipinski definition) is 6. The van der Waals surface area contributed by atoms with Crippen molar-refractivity contribution in [1.29, 1.82) is 0 Å². The van der Waals surface area contributed by atoms with Crippen molar-refractivity contribution in [2.24, 2.45) is 5.73 Å². The molecule has 9 heteroatoms. The van der Waals surface area contributed by atoms with Crippen LogP contribution in [0.4, 0.5) is 5.69 Å². The first-order valence-electron chi connectivity index (χ1n) is 7.58. The second-order valence-electron chi connectivity index (χ2n) is 5.68. The highest BCUT2D eigenvalue weighted by Crippen LogP contribution is 2.29. The van der Waals surface area contributed by atoms with Gasteiger partial charge in [-0.25, -0.2) is 13.4 Å². The summed E-state index contributed by atoms with van der Waals surface area (Å²) in [6.45, 7) is 3.58. The Balaban J connectivity index is 1.90. The summed E-state index contributed by atoms with van der Waals surface area (Å²) in [6, 6.07) is 9.02. The molecule has 0 unspecified atom stereocenters. The van der Waals surface area contributed by atoms with Crippen LogP contribution >= 0.6 is 11.3 Å². The van der Waals surface area contributed by atoms with Gasteiger partial charge in [0.15, 0.2) is 4.21 Å². The molecule has 0 radical (unpaired) electrons. The Morgan fingerprint density at radius 1 is 1.15 bits per heavy atom. The molecule has 0 atom stereocenters. The van der Waals surface area contributed by atoms with Crippen molar-refractivity contribution in [2.75, 3.05) is 4.72 Å². The van der Waals surface area contributed by atoms with Gasteiger partial charge in [0.2, 0.25) is 0 Å². The number of rotatable bonds is 5. The van der Waals surface area contributed by atoms with E-state index < -0.39 is 15.9 Å². The lowest BCUT2D eigenvalue weighted by Crippen LogP contribution is -2.16. The highest BCUT2D eigenvalue weighted by atomic mass is 32.2. The largest absolute Gasteiger partial charge is 0.366 e. The number of pyridine rings is 1. The topological polar surface area (TPSA) is 115 Å². The molecule has 0 spiro atoms. The Bertz CT molecular complexity index is 1090. The fourth-order valence-corrected chi connectivity index (χ4v) is 4.50. The number of nitrogens with two attached hydrogens (primary N) is 1. The zero-order valence-electron chi connectivity index (χ0n) is 14.1. The Hall–Kier alpha value is -2.78. The van der Waals surface area contributed by atoms with Crippen LogP contribution in [0.25, 0.3) is 10.6 Å². The van der Waals surface area contributed by atoms with Crippen molar-refractivity contribution in [1.82, 2.24) is 9.97 Å². The molecular formula is C17H16N4O3S2. The molecule has 7 nitrogen and oxygen atoms in total. The van der Waals surface area contributed by atoms with Gasteiger partial charge in [-0.1, -0.05) is 23.8 Å². The van der Waals surface area contributed by atoms with Gasteiger partial charge in [-0.3, -0.25) is 14.5 Å². The number of carbonyl (C=O) groups excluding carboxylic acids is 1. The van der Waals surface area contributed by atoms with Crippen LogP contribution in [0, 0.1) is 13.8 Å². The molecule has 3 rings (SSSR count). The molecule has 1 amide bonds. The standard InChI is InChI=1S/C17H16N4O3S2/c1-10-4-3-5-12(6-10)17-20-9-15(25-17)26(23,24)21-13-7-14(16(18)22)11(2)19-8-13/h3-9,21H,1-2H3,(H2,18,22). The quantitative estimate of drug-likeness (QED) is 0.697. The fraction of sp³-hybridized carbons (Fsp3) is 0.118. The molecule has 3 N–H and O–H groups in total. The van der Waals surface area contributed by atoms with Crippen LogP contribution in [0.5, 0.6) is 0 Å². The first kappa shape index (κ1) is 18.0. The van der Waals surface area contributed by atoms with Gasteiger partial charge in [-0.2, -0.15) is 0 Å². The van der Waals surface area contributed by atoms with Gasteiger partial charge in [0.25, 0.3) is 15.9 Å². The van der Waals surface area contributed by atoms with E-state index in [2.05, 4.69) is 14.7 Å². The number of primary amides is 1. The highest BCUT2D eigenvalue weighted by molar-refractivity contribution is 7.94. The van der Waals surface area contributed by atoms with Crippen molar-refractivity contribution in [2.45, 2.75) is 18.1 Å². The molecule has 1 aromatic carbocycles. The molecule has 2 heterocycles. The molecule has 0 aliphatic rings. The lowest BCUT2D eigenvalue weighted by atomic mass is 10.1. The predicted molar refractivity (Wildman–Crippen MR) is 101 cm³/mol. The molecule has 0 aliphatic carbocycles. The van der Waals surface area contributed by atoms with E-state index in [0.29, 0.717) is 10.7 Å². The Kier molecular flexibility index (Phi) is 4.75. The van der Waals surface area contributed by atoms with E-state index in [1.165, 1.54) is 18.5 Å². The molecule has 0 saturated carbocycles. The number of sulfonamides is 1. The molecule has 0 saturated heterocycles. The van der Waals surface area contributed by atoms with E-state index >= 15 is 0 Å². The van der Waals surface area contributed by atoms with Crippen LogP contribution in [-0.4, -0.2) is 24.3 Å². The monoisotopic (exact) mass is 388 g/mol. The maximum Gasteiger partial charge on any atom is 0.273 e. The van der Waals surface area contributed by atoms with Crippen LogP contribution in [0.2, 0.25) is 0 Å². The Morgan fingerprint density at radius 3 is 2.62 bits per heavy atom. The minimum atomic E-state index is -3.85. The van der Waals surface area contributed by atoms with Gasteiger partial charge in [-0.15, -0.1) is 11.3 Å². The van der Waals surface area contributed by atoms with E-state index in [1.54, 1.807) is 6.92 Å². The second kappa shape index (κ2) is 6.85. The van der Waals surface area contributed by atoms with Crippen molar-refractivity contribution in [3.8, 4) is 10.6 Å². The van der Waals surface area contributed by atoms with Gasteiger partial charge in [0.1, 0.15) is 5.01 Å². The number of anilines is 1. The number of thiazole rings is 1. The molecule has 26 heavy (non-hydrogen) atoms. The summed E-state index contributed by atoms with van der Waals surface area (Å²) in [4.78, 5) is 19.6. The van der Waals surface area contributed by atoms with Gasteiger partial charge in [0, 0.05) is 5.56 Å². The van der Waals surface area contributed by atoms with E-state index in [0.717, 1.165) is 22.5 Å². The third kappa shape index (κ3) is 3.73. The van der Waals surface area contributed by atoms with Gasteiger partial charge in [-0.05, 0) is 26.0 Å². The minimum absolute atomic E-state index is 0.0650. The van der Waals surface area contributed by atoms with Crippen LogP contribution < -0.4 is 10.5 Å². The normalized spacial score (nSPS) is 11.3. The lowest BCUT2D eigenvalue weighted by Gasteiger charge is -2.08. The molecular weight excluding hydrogens is 372 g/mol. The van der Waals surface area contributed by atoms with E-state index in [1.807, 2.05) is 31.2 Å². The summed E-state index contributed by atoms with van der Waals surface area (Å²) in [6.07, 6.45) is 2.64. The van der Waals surface area contributed by atoms with Gasteiger partial charge >= 0.3 is 0 Å². The lowest BCUT2D eigenvalue weighted by molar-refractivity contribution is 0.0999. The Morgan fingerprint density at radius 2 is 1.92 bits per heavy atom. The zero-order valence-corrected chi connectivity index (χ0v) is 15.7. The number of nitrogens with one attached hydrogen (secondary N) is 1. The van der Waals surface area contributed by atoms with Crippen LogP contribution in [0.1, 0.15) is 21.6 Å². The van der Waals surface area contributed by atoms with E-state index in [9.17, 15) is 13.2 Å². The molecule has 0 bridgehead atoms. The number of aromatic nitrogens is 2. The molecule has 134 valence electrons. The third-order valence-corrected chi connectivity index (χ3v) is 6.51. The number of amides is 1. The maximum atomic E-state index is 12.6. The van der Waals surface area contributed by atoms with E-state index in [-0.39, 0.29) is 15.5 Å². The number of aryl methyl sites for hydroxylation is 2. The van der Waals surface area contributed by atoms with Crippen LogP contribution in [-0.2, 0) is 10.0 Å². The van der Waals surface area contributed by atoms with Crippen molar-refractivity contribution in [3.05, 3.63) is 59.5 Å². The smallest absolute Gasteiger partial charge is 0.273 e. The summed E-state index contributed by atoms with van der Waals surface area (Å²) in [5, 5.41) is 0.605. The van der Waals surface area contributed by atoms with Crippen LogP contribution in [0.3, 0.4) is 0 Å². The molecule has 0 aliphatic heterocycles. The summed E-state index contributed by atoms with van der Waals surface area (Å²) in [5.74, 6) is -0.671. The first-order chi connectivity index (χ1) is 12.3. The average molecular weight is 388 g/mol. The number of nitrogens with zero attached hydrogens (tertiary/aromatic N) is 2. The van der Waals surface area contributed by atoms with Crippen molar-refractivity contribution in [3.63, 3.8) is 0 Å². The second-order valence-corrected chi connectivity index (χ2v) is 8.62. The summed E-state index contributed by atoms with van der Waals surface area (Å²) >= 11 is 1.06. The SMILES string of the molecule is Cc1cccc(-c2ncc(S(=O)(=O)Nc3cnc(C)c(C(N)=O)c3)s2)c1. The first-order valence-corrected chi connectivity index (χ1v) is 9.88. The number of benzene rings is 1. The van der Waals surface area contributed by atoms with E-state index in [4.69, 9.17) is 5.73 Å². The average Bonchev–Trinajstić information content (AvgIpc) is 3.07. The number of carbonyl (C=O) groups is 1. The van der Waals surface area contributed by atoms with Crippen molar-refractivity contribution >= 4 is 33.0 Å². The fourth-order valence-electron chi connectivity index (χ4n) is 2.34. The molecule has 3 aromatic rings. The van der Waals surface area contributed by atoms with Gasteiger partial charge < -0.3 is 5.73 Å². The van der Waals surface area contributed by atoms with Crippen molar-refractivity contribution < 1.29 is 13.2 Å². The summed E-state index contributed by atoms with van der Waals surface area (Å²) in [7, 11) is -3.85. The maximum absolute atomic E-state index is 12.6. The van der Waals surface area contributed by atoms with Gasteiger partial charge in [0.05, 0.1) is 29.3 Å². The zero-order chi connectivity index (χ0) is 18.9. The third-order valence-electron chi connectivity index (χ3n) is 3.62. The molecule has 2 aromatic heterocycles. The van der Waals surface area contributed by atoms with Crippen LogP contribution in [0.15, 0.2) is 46.9 Å². The minimum Gasteiger partial charge on any atom is -0.366 e. The highest BCUT2D eigenvalue weighted by Gasteiger charge is 2.20. The summed E-state index contributed by atoms with van der Waals surface area (Å²) < 4.78 is 27.7. The number of hydrogen-bond donors (Lipinski definition) is 2. The summed E-state index contributed by atoms with van der Waals surface area (Å²) in [5.41, 5.74) is 7.94.